The number of benzene rings is 3. The number of amides is 1. The van der Waals surface area contributed by atoms with Gasteiger partial charge in [-0.05, 0) is 82.8 Å². The van der Waals surface area contributed by atoms with Crippen molar-refractivity contribution in [1.82, 2.24) is 5.32 Å². The minimum atomic E-state index is -0.935. The number of carbonyl (C=O) groups is 1. The van der Waals surface area contributed by atoms with Crippen LogP contribution in [0.5, 0.6) is 0 Å². The summed E-state index contributed by atoms with van der Waals surface area (Å²) in [4.78, 5) is 18.6. The van der Waals surface area contributed by atoms with Crippen LogP contribution in [0.15, 0.2) is 83.5 Å². The normalized spacial score (nSPS) is 14.6. The van der Waals surface area contributed by atoms with Crippen LogP contribution in [0.25, 0.3) is 11.1 Å². The van der Waals surface area contributed by atoms with Gasteiger partial charge in [-0.1, -0.05) is 73.6 Å². The zero-order valence-corrected chi connectivity index (χ0v) is 22.1. The second-order valence-corrected chi connectivity index (χ2v) is 9.70. The Morgan fingerprint density at radius 2 is 1.76 bits per heavy atom. The number of carbonyl (C=O) groups excluding carboxylic acids is 1. The fourth-order valence-electron chi connectivity index (χ4n) is 4.72. The summed E-state index contributed by atoms with van der Waals surface area (Å²) in [7, 11) is 1.51. The van der Waals surface area contributed by atoms with Crippen LogP contribution in [0.1, 0.15) is 55.0 Å². The van der Waals surface area contributed by atoms with Crippen LogP contribution in [0.3, 0.4) is 0 Å². The van der Waals surface area contributed by atoms with E-state index in [0.29, 0.717) is 17.6 Å². The molecule has 0 aromatic heterocycles. The van der Waals surface area contributed by atoms with E-state index in [1.807, 2.05) is 37.3 Å². The number of allylic oxidation sites excluding steroid dienone is 3. The third-order valence-corrected chi connectivity index (χ3v) is 6.77. The van der Waals surface area contributed by atoms with E-state index in [2.05, 4.69) is 48.6 Å². The highest BCUT2D eigenvalue weighted by Gasteiger charge is 2.28. The quantitative estimate of drug-likeness (QED) is 0.258. The molecular formula is C32H32F2N2O2. The highest BCUT2D eigenvalue weighted by molar-refractivity contribution is 6.23. The molecule has 1 amide bonds. The van der Waals surface area contributed by atoms with Crippen molar-refractivity contribution in [2.24, 2.45) is 11.1 Å². The van der Waals surface area contributed by atoms with Crippen molar-refractivity contribution >= 4 is 22.8 Å². The summed E-state index contributed by atoms with van der Waals surface area (Å²) in [6.07, 6.45) is 3.64. The van der Waals surface area contributed by atoms with E-state index >= 15 is 0 Å². The molecule has 1 aliphatic carbocycles. The average Bonchev–Trinajstić information content (AvgIpc) is 2.92. The monoisotopic (exact) mass is 514 g/mol. The summed E-state index contributed by atoms with van der Waals surface area (Å²) in [6.45, 7) is 6.14. The topological polar surface area (TPSA) is 50.7 Å². The second kappa shape index (κ2) is 12.0. The van der Waals surface area contributed by atoms with Gasteiger partial charge in [0.25, 0.3) is 5.91 Å². The van der Waals surface area contributed by atoms with Crippen molar-refractivity contribution in [2.45, 2.75) is 40.2 Å². The molecule has 0 aliphatic heterocycles. The first kappa shape index (κ1) is 27.0. The highest BCUT2D eigenvalue weighted by atomic mass is 19.2. The lowest BCUT2D eigenvalue weighted by atomic mass is 9.77. The van der Waals surface area contributed by atoms with Crippen molar-refractivity contribution in [1.29, 1.82) is 0 Å². The first-order valence-electron chi connectivity index (χ1n) is 12.7. The lowest BCUT2D eigenvalue weighted by Crippen LogP contribution is -2.27. The molecule has 1 N–H and O–H groups in total. The molecule has 38 heavy (non-hydrogen) atoms. The number of rotatable bonds is 8. The summed E-state index contributed by atoms with van der Waals surface area (Å²) in [5, 5.41) is 7.01. The van der Waals surface area contributed by atoms with Gasteiger partial charge in [0.1, 0.15) is 7.11 Å². The third-order valence-electron chi connectivity index (χ3n) is 6.77. The Balaban J connectivity index is 1.75. The minimum Gasteiger partial charge on any atom is -0.399 e. The van der Waals surface area contributed by atoms with E-state index < -0.39 is 11.6 Å². The van der Waals surface area contributed by atoms with Crippen LogP contribution in [-0.2, 0) is 22.6 Å². The Hall–Kier alpha value is -4.06. The molecule has 3 aromatic rings. The molecule has 0 saturated carbocycles. The molecule has 0 fully saturated rings. The van der Waals surface area contributed by atoms with Gasteiger partial charge >= 0.3 is 0 Å². The first-order chi connectivity index (χ1) is 18.3. The van der Waals surface area contributed by atoms with Gasteiger partial charge in [0.2, 0.25) is 0 Å². The van der Waals surface area contributed by atoms with Gasteiger partial charge in [0.05, 0.1) is 5.71 Å². The Bertz CT molecular complexity index is 1420. The van der Waals surface area contributed by atoms with E-state index in [1.54, 1.807) is 0 Å². The van der Waals surface area contributed by atoms with E-state index in [-0.39, 0.29) is 18.4 Å². The van der Waals surface area contributed by atoms with Crippen molar-refractivity contribution in [2.75, 3.05) is 7.11 Å². The number of hydrogen-bond acceptors (Lipinski definition) is 3. The molecule has 0 spiro atoms. The van der Waals surface area contributed by atoms with Gasteiger partial charge < -0.3 is 10.2 Å². The predicted molar refractivity (Wildman–Crippen MR) is 148 cm³/mol. The Labute approximate surface area is 222 Å². The van der Waals surface area contributed by atoms with E-state index in [0.717, 1.165) is 52.1 Å². The number of nitrogens with one attached hydrogen (secondary N) is 1. The third kappa shape index (κ3) is 6.08. The summed E-state index contributed by atoms with van der Waals surface area (Å²) in [5.41, 5.74) is 7.98. The number of fused-ring (bicyclic) bond motifs is 1. The lowest BCUT2D eigenvalue weighted by molar-refractivity contribution is -0.115. The van der Waals surface area contributed by atoms with Crippen molar-refractivity contribution in [3.63, 3.8) is 0 Å². The lowest BCUT2D eigenvalue weighted by Gasteiger charge is -2.28. The van der Waals surface area contributed by atoms with Crippen LogP contribution < -0.4 is 5.32 Å². The van der Waals surface area contributed by atoms with E-state index in [1.165, 1.54) is 18.7 Å². The maximum atomic E-state index is 13.7. The van der Waals surface area contributed by atoms with Crippen molar-refractivity contribution in [3.8, 4) is 0 Å². The zero-order chi connectivity index (χ0) is 27.2. The second-order valence-electron chi connectivity index (χ2n) is 9.70. The number of halogens is 2. The van der Waals surface area contributed by atoms with Gasteiger partial charge in [0, 0.05) is 12.1 Å². The molecule has 4 rings (SSSR count). The fraction of sp³-hybridized carbons (Fsp3) is 0.250. The Morgan fingerprint density at radius 3 is 2.45 bits per heavy atom. The van der Waals surface area contributed by atoms with E-state index in [4.69, 9.17) is 4.84 Å². The molecule has 6 heteroatoms. The summed E-state index contributed by atoms with van der Waals surface area (Å²) < 4.78 is 27.0. The van der Waals surface area contributed by atoms with Crippen LogP contribution >= 0.6 is 0 Å². The number of nitrogens with zero attached hydrogens (tertiary/aromatic N) is 1. The van der Waals surface area contributed by atoms with Crippen LogP contribution in [-0.4, -0.2) is 18.7 Å². The summed E-state index contributed by atoms with van der Waals surface area (Å²) >= 11 is 0. The molecule has 0 saturated heterocycles. The average molecular weight is 515 g/mol. The first-order valence-corrected chi connectivity index (χ1v) is 12.7. The van der Waals surface area contributed by atoms with Crippen LogP contribution in [0.4, 0.5) is 8.78 Å². The highest BCUT2D eigenvalue weighted by Crippen LogP contribution is 2.42. The molecule has 0 atom stereocenters. The summed E-state index contributed by atoms with van der Waals surface area (Å²) in [6, 6.07) is 19.9. The number of hydrogen-bond donors (Lipinski definition) is 1. The molecule has 4 nitrogen and oxygen atoms in total. The molecule has 196 valence electrons. The SMILES string of the molecule is CO/N=C(\C)c1ccc2c(c1)/C(=C\Cc1ccccc1)CC(C(C)C)=C2C(=O)NCc1ccc(F)c(F)c1. The standard InChI is InChI=1S/C32H32F2N2O2/c1-20(2)27-18-25(12-10-22-8-6-5-7-9-22)28-17-24(21(3)36-38-4)13-14-26(28)31(27)32(37)35-19-23-11-15-29(33)30(34)16-23/h5-9,11-17,20H,10,18-19H2,1-4H3,(H,35,37)/b25-12-,36-21+. The largest absolute Gasteiger partial charge is 0.399 e. The van der Waals surface area contributed by atoms with Gasteiger partial charge in [-0.2, -0.15) is 0 Å². The van der Waals surface area contributed by atoms with Crippen molar-refractivity contribution in [3.05, 3.63) is 118 Å². The zero-order valence-electron chi connectivity index (χ0n) is 22.1. The molecule has 0 bridgehead atoms. The molecule has 1 aliphatic rings. The summed E-state index contributed by atoms with van der Waals surface area (Å²) in [5.74, 6) is -1.96. The minimum absolute atomic E-state index is 0.0919. The Morgan fingerprint density at radius 1 is 1.00 bits per heavy atom. The number of oxime groups is 1. The molecule has 0 heterocycles. The fourth-order valence-corrected chi connectivity index (χ4v) is 4.72. The molecule has 0 unspecified atom stereocenters. The van der Waals surface area contributed by atoms with Crippen LogP contribution in [0, 0.1) is 17.6 Å². The smallest absolute Gasteiger partial charge is 0.252 e. The maximum Gasteiger partial charge on any atom is 0.252 e. The molecule has 0 radical (unpaired) electrons. The van der Waals surface area contributed by atoms with Gasteiger partial charge in [-0.3, -0.25) is 4.79 Å². The Kier molecular flexibility index (Phi) is 8.52. The molecular weight excluding hydrogens is 482 g/mol. The van der Waals surface area contributed by atoms with Crippen molar-refractivity contribution < 1.29 is 18.4 Å². The van der Waals surface area contributed by atoms with E-state index in [9.17, 15) is 13.6 Å². The molecule has 3 aromatic carbocycles. The van der Waals surface area contributed by atoms with Gasteiger partial charge in [-0.15, -0.1) is 0 Å². The maximum absolute atomic E-state index is 13.7. The predicted octanol–water partition coefficient (Wildman–Crippen LogP) is 7.09. The van der Waals surface area contributed by atoms with Gasteiger partial charge in [-0.25, -0.2) is 8.78 Å². The van der Waals surface area contributed by atoms with Gasteiger partial charge in [0.15, 0.2) is 11.6 Å². The van der Waals surface area contributed by atoms with Crippen LogP contribution in [0.2, 0.25) is 0 Å².